The maximum absolute atomic E-state index is 12.8. The summed E-state index contributed by atoms with van der Waals surface area (Å²) in [4.78, 5) is 25.3. The minimum absolute atomic E-state index is 0.00910. The van der Waals surface area contributed by atoms with Gasteiger partial charge >= 0.3 is 0 Å². The minimum atomic E-state index is -4.59. The van der Waals surface area contributed by atoms with Gasteiger partial charge in [-0.05, 0) is 70.6 Å². The molecule has 0 spiro atoms. The monoisotopic (exact) mass is 901 g/mol. The number of aliphatic hydroxyl groups is 1. The SMILES string of the molecule is CC/C=C\C/C=C\C/C=C\C/C=C\C/C=C\CCCCCCCCCCCCCCCCCCCC(=O)NC(COP(=O)([O-])OCC[N+](C)(C)C)C(O)/C=C/CC/C=C/CCCC. The Morgan fingerprint density at radius 2 is 0.984 bits per heavy atom. The molecular weight excluding hydrogens is 804 g/mol. The van der Waals surface area contributed by atoms with Crippen LogP contribution < -0.4 is 10.2 Å². The number of aliphatic hydroxyl groups excluding tert-OH is 1. The standard InChI is InChI=1S/C54H97N2O6P/c1-6-8-10-12-14-16-17-18-19-20-21-22-23-24-25-26-27-28-29-30-31-32-33-34-35-36-37-38-39-40-42-44-46-48-54(58)55-52(51-62-63(59,60)61-50-49-56(3,4)5)53(57)47-45-43-41-15-13-11-9-7-2/h8,10,13-16,18-19,21-22,24-25,45,47,52-53,57H,6-7,9,11-12,17,20,23,26-44,46,48-51H2,1-5H3,(H-,55,58,59,60)/b10-8-,15-13+,16-14-,19-18-,22-21-,25-24-,47-45+. The molecule has 0 rings (SSSR count). The first kappa shape index (κ1) is 60.7. The van der Waals surface area contributed by atoms with Gasteiger partial charge in [-0.25, -0.2) is 0 Å². The van der Waals surface area contributed by atoms with Gasteiger partial charge in [-0.2, -0.15) is 0 Å². The molecule has 0 aliphatic rings. The summed E-state index contributed by atoms with van der Waals surface area (Å²) in [6, 6.07) is -0.903. The molecular formula is C54H97N2O6P. The smallest absolute Gasteiger partial charge is 0.268 e. The number of rotatable bonds is 45. The van der Waals surface area contributed by atoms with Crippen LogP contribution in [0, 0.1) is 0 Å². The maximum Gasteiger partial charge on any atom is 0.268 e. The Kier molecular flexibility index (Phi) is 43.2. The number of amides is 1. The molecule has 3 atom stereocenters. The third-order valence-electron chi connectivity index (χ3n) is 10.8. The molecule has 0 saturated carbocycles. The van der Waals surface area contributed by atoms with E-state index < -0.39 is 26.6 Å². The van der Waals surface area contributed by atoms with Crippen molar-refractivity contribution in [2.45, 2.75) is 212 Å². The molecule has 0 saturated heterocycles. The summed E-state index contributed by atoms with van der Waals surface area (Å²) < 4.78 is 23.1. The van der Waals surface area contributed by atoms with E-state index in [1.807, 2.05) is 27.2 Å². The Morgan fingerprint density at radius 1 is 0.571 bits per heavy atom. The number of carbonyl (C=O) groups is 1. The number of unbranched alkanes of at least 4 members (excludes halogenated alkanes) is 20. The number of likely N-dealkylation sites (N-methyl/N-ethyl adjacent to an activating group) is 1. The molecule has 0 radical (unpaired) electrons. The first-order chi connectivity index (χ1) is 30.5. The molecule has 9 heteroatoms. The highest BCUT2D eigenvalue weighted by Crippen LogP contribution is 2.38. The molecule has 63 heavy (non-hydrogen) atoms. The number of allylic oxidation sites excluding steroid dienone is 13. The van der Waals surface area contributed by atoms with Gasteiger partial charge in [0, 0.05) is 6.42 Å². The van der Waals surface area contributed by atoms with Crippen LogP contribution in [0.2, 0.25) is 0 Å². The molecule has 0 bridgehead atoms. The summed E-state index contributed by atoms with van der Waals surface area (Å²) in [6.45, 7) is 4.42. The molecule has 0 heterocycles. The van der Waals surface area contributed by atoms with Crippen LogP contribution >= 0.6 is 7.82 Å². The van der Waals surface area contributed by atoms with Gasteiger partial charge in [0.15, 0.2) is 0 Å². The minimum Gasteiger partial charge on any atom is -0.756 e. The van der Waals surface area contributed by atoms with E-state index in [2.05, 4.69) is 92.1 Å². The normalized spacial score (nSPS) is 14.8. The first-order valence-corrected chi connectivity index (χ1v) is 26.9. The Morgan fingerprint density at radius 3 is 1.48 bits per heavy atom. The third-order valence-corrected chi connectivity index (χ3v) is 11.8. The summed E-state index contributed by atoms with van der Waals surface area (Å²) in [5.74, 6) is -0.213. The van der Waals surface area contributed by atoms with Crippen molar-refractivity contribution < 1.29 is 32.9 Å². The lowest BCUT2D eigenvalue weighted by atomic mass is 10.0. The van der Waals surface area contributed by atoms with Crippen molar-refractivity contribution in [1.29, 1.82) is 0 Å². The molecule has 8 nitrogen and oxygen atoms in total. The van der Waals surface area contributed by atoms with Crippen molar-refractivity contribution in [2.75, 3.05) is 40.9 Å². The topological polar surface area (TPSA) is 108 Å². The van der Waals surface area contributed by atoms with Gasteiger partial charge in [-0.15, -0.1) is 0 Å². The summed E-state index contributed by atoms with van der Waals surface area (Å²) in [5.41, 5.74) is 0. The Bertz CT molecular complexity index is 1300. The molecule has 1 amide bonds. The van der Waals surface area contributed by atoms with E-state index in [0.29, 0.717) is 17.4 Å². The third kappa shape index (κ3) is 47.5. The van der Waals surface area contributed by atoms with E-state index in [1.165, 1.54) is 109 Å². The van der Waals surface area contributed by atoms with E-state index in [9.17, 15) is 19.4 Å². The molecule has 2 N–H and O–H groups in total. The van der Waals surface area contributed by atoms with Gasteiger partial charge in [-0.3, -0.25) is 9.36 Å². The molecule has 0 aliphatic carbocycles. The van der Waals surface area contributed by atoms with Crippen LogP contribution in [0.15, 0.2) is 85.1 Å². The van der Waals surface area contributed by atoms with Crippen LogP contribution in [0.1, 0.15) is 200 Å². The number of carbonyl (C=O) groups excluding carboxylic acids is 1. The Labute approximate surface area is 388 Å². The number of hydrogen-bond acceptors (Lipinski definition) is 6. The quantitative estimate of drug-likeness (QED) is 0.0273. The van der Waals surface area contributed by atoms with Gasteiger partial charge in [0.25, 0.3) is 7.82 Å². The predicted octanol–water partition coefficient (Wildman–Crippen LogP) is 14.3. The molecule has 364 valence electrons. The zero-order valence-electron chi connectivity index (χ0n) is 41.2. The van der Waals surface area contributed by atoms with E-state index in [0.717, 1.165) is 70.6 Å². The van der Waals surface area contributed by atoms with Crippen molar-refractivity contribution in [3.63, 3.8) is 0 Å². The largest absolute Gasteiger partial charge is 0.756 e. The van der Waals surface area contributed by atoms with Crippen LogP contribution in [0.5, 0.6) is 0 Å². The fourth-order valence-electron chi connectivity index (χ4n) is 6.83. The summed E-state index contributed by atoms with van der Waals surface area (Å²) in [5, 5.41) is 13.7. The molecule has 0 aromatic carbocycles. The van der Waals surface area contributed by atoms with Gasteiger partial charge < -0.3 is 28.8 Å². The fourth-order valence-corrected chi connectivity index (χ4v) is 7.55. The average Bonchev–Trinajstić information content (AvgIpc) is 3.24. The summed E-state index contributed by atoms with van der Waals surface area (Å²) in [6.07, 6.45) is 62.6. The van der Waals surface area contributed by atoms with Crippen LogP contribution in [0.3, 0.4) is 0 Å². The number of quaternary nitrogens is 1. The Hall–Kier alpha value is -2.32. The van der Waals surface area contributed by atoms with Crippen LogP contribution in [0.25, 0.3) is 0 Å². The van der Waals surface area contributed by atoms with Gasteiger partial charge in [0.2, 0.25) is 5.91 Å². The second kappa shape index (κ2) is 44.9. The lowest BCUT2D eigenvalue weighted by Crippen LogP contribution is -2.45. The second-order valence-electron chi connectivity index (χ2n) is 18.1. The van der Waals surface area contributed by atoms with E-state index in [-0.39, 0.29) is 12.5 Å². The summed E-state index contributed by atoms with van der Waals surface area (Å²) in [7, 11) is 1.23. The molecule has 0 aromatic heterocycles. The number of nitrogens with one attached hydrogen (secondary N) is 1. The van der Waals surface area contributed by atoms with Crippen LogP contribution in [0.4, 0.5) is 0 Å². The predicted molar refractivity (Wildman–Crippen MR) is 270 cm³/mol. The lowest BCUT2D eigenvalue weighted by Gasteiger charge is -2.29. The highest BCUT2D eigenvalue weighted by atomic mass is 31.2. The molecule has 0 aromatic rings. The zero-order valence-corrected chi connectivity index (χ0v) is 42.1. The summed E-state index contributed by atoms with van der Waals surface area (Å²) >= 11 is 0. The highest BCUT2D eigenvalue weighted by molar-refractivity contribution is 7.45. The van der Waals surface area contributed by atoms with E-state index >= 15 is 0 Å². The number of phosphoric ester groups is 1. The average molecular weight is 901 g/mol. The highest BCUT2D eigenvalue weighted by Gasteiger charge is 2.23. The zero-order chi connectivity index (χ0) is 46.4. The van der Waals surface area contributed by atoms with E-state index in [4.69, 9.17) is 9.05 Å². The first-order valence-electron chi connectivity index (χ1n) is 25.4. The van der Waals surface area contributed by atoms with Crippen molar-refractivity contribution >= 4 is 13.7 Å². The number of hydrogen-bond donors (Lipinski definition) is 2. The Balaban J connectivity index is 3.97. The van der Waals surface area contributed by atoms with Crippen LogP contribution in [-0.4, -0.2) is 68.5 Å². The maximum atomic E-state index is 12.8. The van der Waals surface area contributed by atoms with Gasteiger partial charge in [0.1, 0.15) is 13.2 Å². The number of nitrogens with zero attached hydrogens (tertiary/aromatic N) is 1. The lowest BCUT2D eigenvalue weighted by molar-refractivity contribution is -0.870. The van der Waals surface area contributed by atoms with E-state index in [1.54, 1.807) is 6.08 Å². The van der Waals surface area contributed by atoms with Crippen LogP contribution in [-0.2, 0) is 18.4 Å². The fraction of sp³-hybridized carbons (Fsp3) is 0.722. The van der Waals surface area contributed by atoms with Gasteiger partial charge in [0.05, 0.1) is 39.9 Å². The van der Waals surface area contributed by atoms with Crippen molar-refractivity contribution in [3.05, 3.63) is 85.1 Å². The number of phosphoric acid groups is 1. The van der Waals surface area contributed by atoms with Crippen molar-refractivity contribution in [3.8, 4) is 0 Å². The van der Waals surface area contributed by atoms with Crippen molar-refractivity contribution in [2.24, 2.45) is 0 Å². The second-order valence-corrected chi connectivity index (χ2v) is 19.5. The molecule has 0 aliphatic heterocycles. The van der Waals surface area contributed by atoms with Crippen molar-refractivity contribution in [1.82, 2.24) is 5.32 Å². The molecule has 0 fully saturated rings. The molecule has 3 unspecified atom stereocenters. The van der Waals surface area contributed by atoms with Gasteiger partial charge in [-0.1, -0.05) is 208 Å².